The fourth-order valence-electron chi connectivity index (χ4n) is 3.70. The molecule has 4 aromatic rings. The van der Waals surface area contributed by atoms with Crippen molar-refractivity contribution in [2.45, 2.75) is 25.9 Å². The lowest BCUT2D eigenvalue weighted by molar-refractivity contribution is 0.307. The van der Waals surface area contributed by atoms with Gasteiger partial charge in [-0.05, 0) is 54.7 Å². The molecule has 0 aliphatic heterocycles. The molecule has 1 aromatic heterocycles. The first kappa shape index (κ1) is 24.4. The lowest BCUT2D eigenvalue weighted by Crippen LogP contribution is -2.16. The molecule has 0 atom stereocenters. The van der Waals surface area contributed by atoms with E-state index in [0.29, 0.717) is 18.8 Å². The van der Waals surface area contributed by atoms with Gasteiger partial charge in [0.15, 0.2) is 0 Å². The molecule has 0 bridgehead atoms. The Morgan fingerprint density at radius 1 is 0.829 bits per heavy atom. The molecule has 4 rings (SSSR count). The van der Waals surface area contributed by atoms with Gasteiger partial charge >= 0.3 is 0 Å². The van der Waals surface area contributed by atoms with E-state index in [9.17, 15) is 8.42 Å². The molecule has 0 fully saturated rings. The highest BCUT2D eigenvalue weighted by atomic mass is 32.2. The average Bonchev–Trinajstić information content (AvgIpc) is 2.86. The highest BCUT2D eigenvalue weighted by Crippen LogP contribution is 2.30. The third kappa shape index (κ3) is 7.63. The SMILES string of the molecule is NS(=O)(=O)CCCCc1cccc(Nc2cc(-c3ccccc3OCc3ccccc3)ncn2)c1. The van der Waals surface area contributed by atoms with Gasteiger partial charge in [0.05, 0.1) is 11.4 Å². The zero-order valence-corrected chi connectivity index (χ0v) is 20.1. The smallest absolute Gasteiger partial charge is 0.209 e. The molecule has 7 nitrogen and oxygen atoms in total. The molecule has 1 heterocycles. The number of para-hydroxylation sites is 1. The van der Waals surface area contributed by atoms with Crippen molar-refractivity contribution in [1.82, 2.24) is 9.97 Å². The summed E-state index contributed by atoms with van der Waals surface area (Å²) >= 11 is 0. The first-order chi connectivity index (χ1) is 17.0. The molecule has 8 heteroatoms. The van der Waals surface area contributed by atoms with Crippen LogP contribution in [0, 0.1) is 0 Å². The molecule has 0 aliphatic rings. The lowest BCUT2D eigenvalue weighted by atomic mass is 10.1. The zero-order chi connectivity index (χ0) is 24.5. The fourth-order valence-corrected chi connectivity index (χ4v) is 4.30. The van der Waals surface area contributed by atoms with E-state index >= 15 is 0 Å². The minimum atomic E-state index is -3.41. The maximum atomic E-state index is 11.1. The van der Waals surface area contributed by atoms with Crippen LogP contribution in [0.25, 0.3) is 11.3 Å². The summed E-state index contributed by atoms with van der Waals surface area (Å²) in [4.78, 5) is 8.84. The number of aromatic nitrogens is 2. The van der Waals surface area contributed by atoms with E-state index in [-0.39, 0.29) is 5.75 Å². The van der Waals surface area contributed by atoms with Crippen molar-refractivity contribution in [3.63, 3.8) is 0 Å². The molecular weight excluding hydrogens is 460 g/mol. The van der Waals surface area contributed by atoms with E-state index < -0.39 is 10.0 Å². The Hall–Kier alpha value is -3.75. The Balaban J connectivity index is 1.44. The van der Waals surface area contributed by atoms with Gasteiger partial charge in [-0.25, -0.2) is 23.5 Å². The van der Waals surface area contributed by atoms with Gasteiger partial charge in [0.1, 0.15) is 24.5 Å². The molecule has 35 heavy (non-hydrogen) atoms. The monoisotopic (exact) mass is 488 g/mol. The number of nitrogens with one attached hydrogen (secondary N) is 1. The second-order valence-corrected chi connectivity index (χ2v) is 9.94. The Morgan fingerprint density at radius 2 is 1.60 bits per heavy atom. The van der Waals surface area contributed by atoms with Crippen molar-refractivity contribution >= 4 is 21.5 Å². The van der Waals surface area contributed by atoms with Crippen molar-refractivity contribution in [2.24, 2.45) is 5.14 Å². The molecular formula is C27H28N4O3S. The van der Waals surface area contributed by atoms with Crippen LogP contribution in [0.3, 0.4) is 0 Å². The Labute approximate surface area is 206 Å². The van der Waals surface area contributed by atoms with Crippen molar-refractivity contribution < 1.29 is 13.2 Å². The highest BCUT2D eigenvalue weighted by molar-refractivity contribution is 7.89. The van der Waals surface area contributed by atoms with Crippen LogP contribution in [-0.2, 0) is 23.1 Å². The normalized spacial score (nSPS) is 11.2. The zero-order valence-electron chi connectivity index (χ0n) is 19.3. The molecule has 0 amide bonds. The van der Waals surface area contributed by atoms with Gasteiger partial charge in [0.2, 0.25) is 10.0 Å². The third-order valence-corrected chi connectivity index (χ3v) is 6.27. The average molecular weight is 489 g/mol. The van der Waals surface area contributed by atoms with Crippen molar-refractivity contribution in [2.75, 3.05) is 11.1 Å². The summed E-state index contributed by atoms with van der Waals surface area (Å²) in [6.45, 7) is 0.470. The summed E-state index contributed by atoms with van der Waals surface area (Å²) in [5, 5.41) is 8.41. The Bertz CT molecular complexity index is 1360. The number of ether oxygens (including phenoxy) is 1. The molecule has 0 unspecified atom stereocenters. The minimum absolute atomic E-state index is 0.00515. The Kier molecular flexibility index (Phi) is 8.07. The summed E-state index contributed by atoms with van der Waals surface area (Å²) in [5.74, 6) is 1.42. The number of nitrogens with zero attached hydrogens (tertiary/aromatic N) is 2. The largest absolute Gasteiger partial charge is 0.488 e. The predicted molar refractivity (Wildman–Crippen MR) is 139 cm³/mol. The molecule has 0 saturated heterocycles. The van der Waals surface area contributed by atoms with Crippen LogP contribution >= 0.6 is 0 Å². The Morgan fingerprint density at radius 3 is 2.43 bits per heavy atom. The predicted octanol–water partition coefficient (Wildman–Crippen LogP) is 5.08. The van der Waals surface area contributed by atoms with Crippen LogP contribution in [0.15, 0.2) is 91.3 Å². The first-order valence-electron chi connectivity index (χ1n) is 11.4. The van der Waals surface area contributed by atoms with Crippen LogP contribution in [0.2, 0.25) is 0 Å². The van der Waals surface area contributed by atoms with Crippen LogP contribution in [0.5, 0.6) is 5.75 Å². The number of nitrogens with two attached hydrogens (primary N) is 1. The number of rotatable bonds is 11. The molecule has 3 N–H and O–H groups in total. The van der Waals surface area contributed by atoms with Gasteiger partial charge in [-0.3, -0.25) is 0 Å². The summed E-state index contributed by atoms with van der Waals surface area (Å²) in [7, 11) is -3.41. The molecule has 180 valence electrons. The van der Waals surface area contributed by atoms with Crippen molar-refractivity contribution in [3.05, 3.63) is 102 Å². The fraction of sp³-hybridized carbons (Fsp3) is 0.185. The standard InChI is InChI=1S/C27H28N4O3S/c28-35(32,33)16-7-6-9-21-12-8-13-23(17-21)31-27-18-25(29-20-30-27)24-14-4-5-15-26(24)34-19-22-10-2-1-3-11-22/h1-5,8,10-15,17-18,20H,6-7,9,16,19H2,(H2,28,32,33)(H,29,30,31). The lowest BCUT2D eigenvalue weighted by Gasteiger charge is -2.12. The number of aryl methyl sites for hydroxylation is 1. The molecule has 3 aromatic carbocycles. The maximum absolute atomic E-state index is 11.1. The molecule has 0 spiro atoms. The van der Waals surface area contributed by atoms with Crippen molar-refractivity contribution in [1.29, 1.82) is 0 Å². The number of unbranched alkanes of at least 4 members (excludes halogenated alkanes) is 1. The van der Waals surface area contributed by atoms with E-state index in [1.165, 1.54) is 6.33 Å². The first-order valence-corrected chi connectivity index (χ1v) is 13.1. The van der Waals surface area contributed by atoms with Gasteiger partial charge in [-0.2, -0.15) is 0 Å². The van der Waals surface area contributed by atoms with Crippen LogP contribution in [0.4, 0.5) is 11.5 Å². The van der Waals surface area contributed by atoms with Gasteiger partial charge in [-0.1, -0.05) is 54.6 Å². The molecule has 0 saturated carbocycles. The van der Waals surface area contributed by atoms with Crippen LogP contribution in [-0.4, -0.2) is 24.1 Å². The summed E-state index contributed by atoms with van der Waals surface area (Å²) in [6.07, 6.45) is 3.59. The summed E-state index contributed by atoms with van der Waals surface area (Å²) < 4.78 is 28.3. The van der Waals surface area contributed by atoms with E-state index in [1.807, 2.05) is 84.9 Å². The second kappa shape index (κ2) is 11.6. The number of benzene rings is 3. The number of hydrogen-bond acceptors (Lipinski definition) is 6. The van der Waals surface area contributed by atoms with E-state index in [2.05, 4.69) is 15.3 Å². The van der Waals surface area contributed by atoms with Crippen LogP contribution < -0.4 is 15.2 Å². The summed E-state index contributed by atoms with van der Waals surface area (Å²) in [6, 6.07) is 27.7. The number of hydrogen-bond donors (Lipinski definition) is 2. The third-order valence-electron chi connectivity index (χ3n) is 5.41. The summed E-state index contributed by atoms with van der Waals surface area (Å²) in [5.41, 5.74) is 4.74. The van der Waals surface area contributed by atoms with Gasteiger partial charge in [-0.15, -0.1) is 0 Å². The van der Waals surface area contributed by atoms with E-state index in [0.717, 1.165) is 46.7 Å². The van der Waals surface area contributed by atoms with Gasteiger partial charge < -0.3 is 10.1 Å². The van der Waals surface area contributed by atoms with Gasteiger partial charge in [0, 0.05) is 17.3 Å². The molecule has 0 radical (unpaired) electrons. The van der Waals surface area contributed by atoms with Crippen molar-refractivity contribution in [3.8, 4) is 17.0 Å². The maximum Gasteiger partial charge on any atom is 0.209 e. The van der Waals surface area contributed by atoms with Gasteiger partial charge in [0.25, 0.3) is 0 Å². The van der Waals surface area contributed by atoms with E-state index in [1.54, 1.807) is 0 Å². The molecule has 0 aliphatic carbocycles. The van der Waals surface area contributed by atoms with Crippen LogP contribution in [0.1, 0.15) is 24.0 Å². The highest BCUT2D eigenvalue weighted by Gasteiger charge is 2.10. The number of sulfonamides is 1. The quantitative estimate of drug-likeness (QED) is 0.285. The van der Waals surface area contributed by atoms with E-state index in [4.69, 9.17) is 9.88 Å². The number of primary sulfonamides is 1. The second-order valence-electron chi connectivity index (χ2n) is 8.21. The number of anilines is 2. The minimum Gasteiger partial charge on any atom is -0.488 e. The topological polar surface area (TPSA) is 107 Å².